The van der Waals surface area contributed by atoms with Crippen LogP contribution in [0.1, 0.15) is 22.6 Å². The molecule has 0 radical (unpaired) electrons. The van der Waals surface area contributed by atoms with Crippen molar-refractivity contribution in [1.29, 1.82) is 0 Å². The molecule has 1 atom stereocenters. The van der Waals surface area contributed by atoms with Crippen molar-refractivity contribution in [1.82, 2.24) is 19.8 Å². The number of nitrogens with zero attached hydrogens (tertiary/aromatic N) is 4. The molecule has 6 nitrogen and oxygen atoms in total. The third kappa shape index (κ3) is 5.04. The molecule has 9 heteroatoms. The molecular weight excluding hydrogens is 441 g/mol. The maximum atomic E-state index is 14.6. The fraction of sp³-hybridized carbons (Fsp3) is 0.200. The van der Waals surface area contributed by atoms with Crippen molar-refractivity contribution in [3.05, 3.63) is 107 Å². The van der Waals surface area contributed by atoms with E-state index >= 15 is 0 Å². The Morgan fingerprint density at radius 1 is 0.941 bits per heavy atom. The van der Waals surface area contributed by atoms with Crippen LogP contribution < -0.4 is 10.7 Å². The average molecular weight is 464 g/mol. The summed E-state index contributed by atoms with van der Waals surface area (Å²) in [5, 5.41) is 9.52. The lowest BCUT2D eigenvalue weighted by Crippen LogP contribution is -2.31. The number of aromatic nitrogens is 3. The number of hydrogen-bond donors (Lipinski definition) is 2. The Morgan fingerprint density at radius 3 is 2.53 bits per heavy atom. The van der Waals surface area contributed by atoms with Gasteiger partial charge in [-0.15, -0.1) is 0 Å². The van der Waals surface area contributed by atoms with Crippen LogP contribution in [0.3, 0.4) is 0 Å². The summed E-state index contributed by atoms with van der Waals surface area (Å²) in [5.74, 6) is -1.71. The number of rotatable bonds is 8. The molecule has 0 amide bonds. The SMILES string of the molecule is Fc1ccc(CNc2ccc3c(c2)CN(CC(Cn2cncn2)c2ccc(F)cc2F)N3)cc1. The monoisotopic (exact) mass is 464 g/mol. The van der Waals surface area contributed by atoms with E-state index < -0.39 is 11.6 Å². The predicted molar refractivity (Wildman–Crippen MR) is 123 cm³/mol. The minimum absolute atomic E-state index is 0.255. The molecule has 4 aromatic rings. The first kappa shape index (κ1) is 22.0. The number of anilines is 2. The molecule has 0 saturated carbocycles. The molecule has 0 aliphatic carbocycles. The first-order valence-corrected chi connectivity index (χ1v) is 10.9. The van der Waals surface area contributed by atoms with Crippen LogP contribution in [0.25, 0.3) is 0 Å². The van der Waals surface area contributed by atoms with Gasteiger partial charge in [-0.25, -0.2) is 23.2 Å². The van der Waals surface area contributed by atoms with Gasteiger partial charge in [-0.3, -0.25) is 4.68 Å². The van der Waals surface area contributed by atoms with E-state index in [1.165, 1.54) is 30.6 Å². The van der Waals surface area contributed by atoms with Gasteiger partial charge in [0.1, 0.15) is 30.1 Å². The average Bonchev–Trinajstić information content (AvgIpc) is 3.47. The molecule has 0 spiro atoms. The van der Waals surface area contributed by atoms with Gasteiger partial charge in [-0.1, -0.05) is 18.2 Å². The second-order valence-electron chi connectivity index (χ2n) is 8.32. The largest absolute Gasteiger partial charge is 0.381 e. The number of hydrogen-bond acceptors (Lipinski definition) is 5. The van der Waals surface area contributed by atoms with E-state index in [9.17, 15) is 13.2 Å². The van der Waals surface area contributed by atoms with Crippen molar-refractivity contribution in [2.75, 3.05) is 17.3 Å². The summed E-state index contributed by atoms with van der Waals surface area (Å²) >= 11 is 0. The van der Waals surface area contributed by atoms with E-state index in [-0.39, 0.29) is 11.7 Å². The highest BCUT2D eigenvalue weighted by Gasteiger charge is 2.25. The highest BCUT2D eigenvalue weighted by Crippen LogP contribution is 2.31. The second kappa shape index (κ2) is 9.56. The molecule has 1 aliphatic heterocycles. The van der Waals surface area contributed by atoms with E-state index in [1.807, 2.05) is 17.1 Å². The summed E-state index contributed by atoms with van der Waals surface area (Å²) < 4.78 is 42.8. The third-order valence-corrected chi connectivity index (χ3v) is 5.87. The number of hydrazine groups is 1. The molecule has 34 heavy (non-hydrogen) atoms. The van der Waals surface area contributed by atoms with E-state index in [2.05, 4.69) is 26.9 Å². The van der Waals surface area contributed by atoms with E-state index in [0.717, 1.165) is 28.6 Å². The van der Waals surface area contributed by atoms with Crippen molar-refractivity contribution in [3.8, 4) is 0 Å². The summed E-state index contributed by atoms with van der Waals surface area (Å²) in [7, 11) is 0. The molecule has 1 unspecified atom stereocenters. The lowest BCUT2D eigenvalue weighted by atomic mass is 9.98. The van der Waals surface area contributed by atoms with Crippen LogP contribution in [-0.2, 0) is 19.6 Å². The summed E-state index contributed by atoms with van der Waals surface area (Å²) in [4.78, 5) is 3.97. The van der Waals surface area contributed by atoms with Crippen LogP contribution in [0, 0.1) is 17.5 Å². The highest BCUT2D eigenvalue weighted by atomic mass is 19.1. The molecule has 2 heterocycles. The van der Waals surface area contributed by atoms with Crippen LogP contribution in [0.4, 0.5) is 24.5 Å². The predicted octanol–water partition coefficient (Wildman–Crippen LogP) is 4.93. The molecule has 174 valence electrons. The Balaban J connectivity index is 1.28. The molecule has 1 aromatic heterocycles. The van der Waals surface area contributed by atoms with Crippen LogP contribution in [0.5, 0.6) is 0 Å². The van der Waals surface area contributed by atoms with Crippen LogP contribution in [-0.4, -0.2) is 26.3 Å². The molecule has 0 fully saturated rings. The Hall–Kier alpha value is -3.85. The standard InChI is InChI=1S/C25H23F3N6/c26-20-3-1-17(2-4-20)11-30-22-6-8-25-18(9-22)12-33(32-25)13-19(14-34-16-29-15-31-34)23-7-5-21(27)10-24(23)28/h1-10,15-16,19,30,32H,11-14H2. The lowest BCUT2D eigenvalue weighted by molar-refractivity contribution is 0.296. The number of fused-ring (bicyclic) bond motifs is 1. The zero-order chi connectivity index (χ0) is 23.5. The van der Waals surface area contributed by atoms with E-state index in [1.54, 1.807) is 23.1 Å². The van der Waals surface area contributed by atoms with E-state index in [4.69, 9.17) is 0 Å². The summed E-state index contributed by atoms with van der Waals surface area (Å²) in [6, 6.07) is 16.1. The van der Waals surface area contributed by atoms with E-state index in [0.29, 0.717) is 31.7 Å². The van der Waals surface area contributed by atoms with Crippen molar-refractivity contribution >= 4 is 11.4 Å². The van der Waals surface area contributed by atoms with Gasteiger partial charge in [0.2, 0.25) is 0 Å². The second-order valence-corrected chi connectivity index (χ2v) is 8.32. The number of benzene rings is 3. The Labute approximate surface area is 195 Å². The molecule has 2 N–H and O–H groups in total. The molecule has 3 aromatic carbocycles. The van der Waals surface area contributed by atoms with Gasteiger partial charge in [0.15, 0.2) is 0 Å². The molecule has 0 bridgehead atoms. The van der Waals surface area contributed by atoms with Crippen LogP contribution in [0.15, 0.2) is 73.3 Å². The highest BCUT2D eigenvalue weighted by molar-refractivity contribution is 5.61. The Morgan fingerprint density at radius 2 is 1.76 bits per heavy atom. The van der Waals surface area contributed by atoms with Crippen molar-refractivity contribution in [2.24, 2.45) is 0 Å². The van der Waals surface area contributed by atoms with Gasteiger partial charge < -0.3 is 10.7 Å². The summed E-state index contributed by atoms with van der Waals surface area (Å²) in [6.45, 7) is 2.09. The zero-order valence-electron chi connectivity index (χ0n) is 18.3. The lowest BCUT2D eigenvalue weighted by Gasteiger charge is -2.24. The topological polar surface area (TPSA) is 58.0 Å². The van der Waals surface area contributed by atoms with Crippen molar-refractivity contribution in [2.45, 2.75) is 25.6 Å². The molecule has 5 rings (SSSR count). The normalized spacial score (nSPS) is 14.0. The zero-order valence-corrected chi connectivity index (χ0v) is 18.3. The summed E-state index contributed by atoms with van der Waals surface area (Å²) in [5.41, 5.74) is 7.82. The van der Waals surface area contributed by atoms with Gasteiger partial charge in [-0.2, -0.15) is 5.10 Å². The van der Waals surface area contributed by atoms with Gasteiger partial charge in [0.25, 0.3) is 0 Å². The van der Waals surface area contributed by atoms with Crippen molar-refractivity contribution < 1.29 is 13.2 Å². The molecule has 0 saturated heterocycles. The smallest absolute Gasteiger partial charge is 0.137 e. The van der Waals surface area contributed by atoms with Gasteiger partial charge in [-0.05, 0) is 53.1 Å². The fourth-order valence-electron chi connectivity index (χ4n) is 4.18. The minimum Gasteiger partial charge on any atom is -0.381 e. The minimum atomic E-state index is -0.604. The van der Waals surface area contributed by atoms with Gasteiger partial charge in [0.05, 0.1) is 12.2 Å². The maximum absolute atomic E-state index is 14.6. The number of nitrogens with one attached hydrogen (secondary N) is 2. The first-order chi connectivity index (χ1) is 16.5. The van der Waals surface area contributed by atoms with Crippen molar-refractivity contribution in [3.63, 3.8) is 0 Å². The van der Waals surface area contributed by atoms with Gasteiger partial charge in [0, 0.05) is 37.3 Å². The van der Waals surface area contributed by atoms with Crippen LogP contribution >= 0.6 is 0 Å². The molecule has 1 aliphatic rings. The third-order valence-electron chi connectivity index (χ3n) is 5.87. The van der Waals surface area contributed by atoms with Gasteiger partial charge >= 0.3 is 0 Å². The fourth-order valence-corrected chi connectivity index (χ4v) is 4.18. The number of halogens is 3. The Bertz CT molecular complexity index is 1260. The van der Waals surface area contributed by atoms with Crippen LogP contribution in [0.2, 0.25) is 0 Å². The maximum Gasteiger partial charge on any atom is 0.137 e. The first-order valence-electron chi connectivity index (χ1n) is 10.9. The quantitative estimate of drug-likeness (QED) is 0.387. The Kier molecular flexibility index (Phi) is 6.18. The summed E-state index contributed by atoms with van der Waals surface area (Å²) in [6.07, 6.45) is 3.02. The molecular formula is C25H23F3N6.